The van der Waals surface area contributed by atoms with Crippen molar-refractivity contribution in [3.63, 3.8) is 0 Å². The van der Waals surface area contributed by atoms with E-state index in [1.54, 1.807) is 0 Å². The smallest absolute Gasteiger partial charge is 0.307 e. The van der Waals surface area contributed by atoms with Crippen LogP contribution in [0.4, 0.5) is 10.1 Å². The van der Waals surface area contributed by atoms with E-state index in [-0.39, 0.29) is 23.8 Å². The molecule has 5 heteroatoms. The Morgan fingerprint density at radius 3 is 2.65 bits per heavy atom. The van der Waals surface area contributed by atoms with E-state index in [2.05, 4.69) is 12.2 Å². The van der Waals surface area contributed by atoms with Gasteiger partial charge in [-0.05, 0) is 23.6 Å². The molecule has 110 valence electrons. The number of anilines is 1. The fraction of sp³-hybridized carbons (Fsp3) is 0.467. The van der Waals surface area contributed by atoms with Crippen LogP contribution in [0.2, 0.25) is 0 Å². The van der Waals surface area contributed by atoms with Crippen molar-refractivity contribution in [2.45, 2.75) is 39.5 Å². The van der Waals surface area contributed by atoms with Gasteiger partial charge in [0.2, 0.25) is 5.91 Å². The molecule has 0 aliphatic carbocycles. The number of hydrogen-bond donors (Lipinski definition) is 2. The van der Waals surface area contributed by atoms with Crippen LogP contribution in [0.1, 0.15) is 38.7 Å². The summed E-state index contributed by atoms with van der Waals surface area (Å²) in [5.74, 6) is -1.58. The Balaban J connectivity index is 2.62. The second-order valence-electron chi connectivity index (χ2n) is 5.02. The van der Waals surface area contributed by atoms with Gasteiger partial charge in [0, 0.05) is 12.1 Å². The maximum Gasteiger partial charge on any atom is 0.307 e. The Labute approximate surface area is 118 Å². The van der Waals surface area contributed by atoms with Crippen LogP contribution in [0.15, 0.2) is 18.2 Å². The molecule has 0 radical (unpaired) electrons. The molecule has 20 heavy (non-hydrogen) atoms. The van der Waals surface area contributed by atoms with E-state index in [4.69, 9.17) is 5.11 Å². The van der Waals surface area contributed by atoms with Gasteiger partial charge in [0.05, 0.1) is 6.42 Å². The molecule has 0 saturated heterocycles. The highest BCUT2D eigenvalue weighted by atomic mass is 19.1. The lowest BCUT2D eigenvalue weighted by atomic mass is 10.0. The molecule has 1 unspecified atom stereocenters. The van der Waals surface area contributed by atoms with Gasteiger partial charge in [-0.25, -0.2) is 4.39 Å². The van der Waals surface area contributed by atoms with Crippen LogP contribution in [-0.2, 0) is 16.0 Å². The maximum absolute atomic E-state index is 13.6. The number of carboxylic acids is 1. The number of aliphatic carboxylic acids is 1. The van der Waals surface area contributed by atoms with Crippen LogP contribution in [0.5, 0.6) is 0 Å². The van der Waals surface area contributed by atoms with Crippen LogP contribution in [0.3, 0.4) is 0 Å². The summed E-state index contributed by atoms with van der Waals surface area (Å²) in [4.78, 5) is 22.3. The van der Waals surface area contributed by atoms with Crippen LogP contribution >= 0.6 is 0 Å². The first-order valence-corrected chi connectivity index (χ1v) is 6.72. The van der Waals surface area contributed by atoms with Gasteiger partial charge in [0.15, 0.2) is 0 Å². The number of benzene rings is 1. The molecule has 0 aliphatic heterocycles. The molecule has 0 aliphatic rings. The summed E-state index contributed by atoms with van der Waals surface area (Å²) >= 11 is 0. The second kappa shape index (κ2) is 7.62. The van der Waals surface area contributed by atoms with Gasteiger partial charge in [0.25, 0.3) is 0 Å². The van der Waals surface area contributed by atoms with Crippen LogP contribution in [-0.4, -0.2) is 17.0 Å². The summed E-state index contributed by atoms with van der Waals surface area (Å²) in [6, 6.07) is 4.05. The van der Waals surface area contributed by atoms with Crippen molar-refractivity contribution in [3.8, 4) is 0 Å². The van der Waals surface area contributed by atoms with Crippen molar-refractivity contribution in [2.75, 3.05) is 5.32 Å². The molecule has 1 rings (SSSR count). The van der Waals surface area contributed by atoms with E-state index in [1.807, 2.05) is 6.92 Å². The quantitative estimate of drug-likeness (QED) is 0.806. The van der Waals surface area contributed by atoms with Crippen molar-refractivity contribution in [2.24, 2.45) is 5.92 Å². The van der Waals surface area contributed by atoms with Gasteiger partial charge in [0.1, 0.15) is 5.82 Å². The first kappa shape index (κ1) is 16.1. The van der Waals surface area contributed by atoms with E-state index in [9.17, 15) is 14.0 Å². The molecule has 0 saturated carbocycles. The molecule has 4 nitrogen and oxygen atoms in total. The largest absolute Gasteiger partial charge is 0.481 e. The standard InChI is InChI=1S/C15H20FNO3/c1-3-4-10(2)7-14(18)17-12-6-5-11(8-15(19)20)13(16)9-12/h5-6,9-10H,3-4,7-8H2,1-2H3,(H,17,18)(H,19,20). The third-order valence-corrected chi connectivity index (χ3v) is 2.99. The van der Waals surface area contributed by atoms with Crippen molar-refractivity contribution in [1.29, 1.82) is 0 Å². The zero-order chi connectivity index (χ0) is 15.1. The van der Waals surface area contributed by atoms with E-state index in [0.717, 1.165) is 18.9 Å². The van der Waals surface area contributed by atoms with Crippen molar-refractivity contribution < 1.29 is 19.1 Å². The first-order chi connectivity index (χ1) is 9.42. The van der Waals surface area contributed by atoms with E-state index in [1.165, 1.54) is 12.1 Å². The van der Waals surface area contributed by atoms with E-state index < -0.39 is 11.8 Å². The van der Waals surface area contributed by atoms with Gasteiger partial charge < -0.3 is 10.4 Å². The summed E-state index contributed by atoms with van der Waals surface area (Å²) in [6.07, 6.45) is 2.02. The summed E-state index contributed by atoms with van der Waals surface area (Å²) in [7, 11) is 0. The fourth-order valence-electron chi connectivity index (χ4n) is 2.05. The number of hydrogen-bond acceptors (Lipinski definition) is 2. The molecular formula is C15H20FNO3. The van der Waals surface area contributed by atoms with Gasteiger partial charge in [-0.1, -0.05) is 32.8 Å². The zero-order valence-corrected chi connectivity index (χ0v) is 11.8. The Hall–Kier alpha value is -1.91. The Bertz CT molecular complexity index is 488. The Morgan fingerprint density at radius 1 is 1.40 bits per heavy atom. The number of nitrogens with one attached hydrogen (secondary N) is 1. The zero-order valence-electron chi connectivity index (χ0n) is 11.8. The van der Waals surface area contributed by atoms with Gasteiger partial charge in [-0.15, -0.1) is 0 Å². The molecule has 0 heterocycles. The molecule has 1 aromatic carbocycles. The molecule has 0 spiro atoms. The van der Waals surface area contributed by atoms with Crippen LogP contribution in [0, 0.1) is 11.7 Å². The summed E-state index contributed by atoms with van der Waals surface area (Å²) in [5.41, 5.74) is 0.459. The molecular weight excluding hydrogens is 261 g/mol. The normalized spacial score (nSPS) is 11.9. The van der Waals surface area contributed by atoms with Crippen molar-refractivity contribution in [1.82, 2.24) is 0 Å². The van der Waals surface area contributed by atoms with Gasteiger partial charge in [-0.2, -0.15) is 0 Å². The van der Waals surface area contributed by atoms with Crippen LogP contribution < -0.4 is 5.32 Å². The average molecular weight is 281 g/mol. The molecule has 1 atom stereocenters. The van der Waals surface area contributed by atoms with Crippen molar-refractivity contribution >= 4 is 17.6 Å². The summed E-state index contributed by atoms with van der Waals surface area (Å²) < 4.78 is 13.6. The van der Waals surface area contributed by atoms with Gasteiger partial charge in [-0.3, -0.25) is 9.59 Å². The number of carbonyl (C=O) groups excluding carboxylic acids is 1. The predicted molar refractivity (Wildman–Crippen MR) is 75.1 cm³/mol. The summed E-state index contributed by atoms with van der Waals surface area (Å²) in [6.45, 7) is 4.06. The minimum atomic E-state index is -1.09. The minimum Gasteiger partial charge on any atom is -0.481 e. The van der Waals surface area contributed by atoms with E-state index >= 15 is 0 Å². The van der Waals surface area contributed by atoms with Crippen molar-refractivity contribution in [3.05, 3.63) is 29.6 Å². The van der Waals surface area contributed by atoms with Gasteiger partial charge >= 0.3 is 5.97 Å². The monoisotopic (exact) mass is 281 g/mol. The number of carboxylic acid groups (broad SMARTS) is 1. The highest BCUT2D eigenvalue weighted by Crippen LogP contribution is 2.17. The number of rotatable bonds is 7. The second-order valence-corrected chi connectivity index (χ2v) is 5.02. The Morgan fingerprint density at radius 2 is 2.10 bits per heavy atom. The molecule has 0 fully saturated rings. The maximum atomic E-state index is 13.6. The lowest BCUT2D eigenvalue weighted by Gasteiger charge is -2.11. The number of carbonyl (C=O) groups is 2. The number of amides is 1. The first-order valence-electron chi connectivity index (χ1n) is 6.72. The average Bonchev–Trinajstić information content (AvgIpc) is 2.32. The highest BCUT2D eigenvalue weighted by Gasteiger charge is 2.11. The topological polar surface area (TPSA) is 66.4 Å². The lowest BCUT2D eigenvalue weighted by Crippen LogP contribution is -2.15. The minimum absolute atomic E-state index is 0.106. The third kappa shape index (κ3) is 5.38. The Kier molecular flexibility index (Phi) is 6.15. The third-order valence-electron chi connectivity index (χ3n) is 2.99. The highest BCUT2D eigenvalue weighted by molar-refractivity contribution is 5.90. The SMILES string of the molecule is CCCC(C)CC(=O)Nc1ccc(CC(=O)O)c(F)c1. The van der Waals surface area contributed by atoms with Crippen LogP contribution in [0.25, 0.3) is 0 Å². The molecule has 0 aromatic heterocycles. The molecule has 1 amide bonds. The van der Waals surface area contributed by atoms with E-state index in [0.29, 0.717) is 12.1 Å². The fourth-order valence-corrected chi connectivity index (χ4v) is 2.05. The summed E-state index contributed by atoms with van der Waals surface area (Å²) in [5, 5.41) is 11.2. The molecule has 0 bridgehead atoms. The predicted octanol–water partition coefficient (Wildman–Crippen LogP) is 3.22. The number of halogens is 1. The lowest BCUT2D eigenvalue weighted by molar-refractivity contribution is -0.136. The molecule has 1 aromatic rings. The molecule has 2 N–H and O–H groups in total.